The third kappa shape index (κ3) is 3.10. The van der Waals surface area contributed by atoms with Crippen LogP contribution in [0.25, 0.3) is 16.7 Å². The van der Waals surface area contributed by atoms with Gasteiger partial charge in [-0.25, -0.2) is 4.98 Å². The molecule has 0 bridgehead atoms. The summed E-state index contributed by atoms with van der Waals surface area (Å²) in [5.41, 5.74) is 2.21. The molecule has 26 heavy (non-hydrogen) atoms. The lowest BCUT2D eigenvalue weighted by molar-refractivity contribution is 0.0943. The predicted octanol–water partition coefficient (Wildman–Crippen LogP) is 2.04. The van der Waals surface area contributed by atoms with Crippen molar-refractivity contribution in [3.05, 3.63) is 88.6 Å². The van der Waals surface area contributed by atoms with Crippen LogP contribution in [-0.4, -0.2) is 25.7 Å². The van der Waals surface area contributed by atoms with Crippen molar-refractivity contribution in [1.82, 2.24) is 25.1 Å². The van der Waals surface area contributed by atoms with Gasteiger partial charge in [0.1, 0.15) is 11.5 Å². The Bertz CT molecular complexity index is 1100. The van der Waals surface area contributed by atoms with Gasteiger partial charge in [0.15, 0.2) is 0 Å². The molecule has 7 heteroatoms. The summed E-state index contributed by atoms with van der Waals surface area (Å²) < 4.78 is 1.20. The number of amides is 1. The van der Waals surface area contributed by atoms with E-state index in [4.69, 9.17) is 0 Å². The minimum absolute atomic E-state index is 0.157. The van der Waals surface area contributed by atoms with Gasteiger partial charge in [-0.3, -0.25) is 9.59 Å². The van der Waals surface area contributed by atoms with Gasteiger partial charge in [-0.2, -0.15) is 9.78 Å². The van der Waals surface area contributed by atoms with Crippen LogP contribution in [0.1, 0.15) is 16.3 Å². The van der Waals surface area contributed by atoms with E-state index in [-0.39, 0.29) is 23.7 Å². The number of aromatic amines is 1. The fourth-order valence-electron chi connectivity index (χ4n) is 2.63. The number of carbonyl (C=O) groups is 1. The molecular weight excluding hydrogens is 330 g/mol. The number of para-hydroxylation sites is 3. The van der Waals surface area contributed by atoms with Crippen LogP contribution in [0.4, 0.5) is 0 Å². The topological polar surface area (TPSA) is 92.7 Å². The van der Waals surface area contributed by atoms with Crippen LogP contribution in [0.2, 0.25) is 0 Å². The van der Waals surface area contributed by atoms with Gasteiger partial charge in [0, 0.05) is 6.07 Å². The van der Waals surface area contributed by atoms with Crippen LogP contribution in [0.3, 0.4) is 0 Å². The maximum absolute atomic E-state index is 12.4. The van der Waals surface area contributed by atoms with Crippen molar-refractivity contribution < 1.29 is 4.79 Å². The van der Waals surface area contributed by atoms with Gasteiger partial charge in [0.2, 0.25) is 0 Å². The molecule has 0 saturated carbocycles. The molecule has 2 heterocycles. The molecule has 2 aromatic carbocycles. The normalized spacial score (nSPS) is 10.8. The zero-order valence-corrected chi connectivity index (χ0v) is 13.7. The van der Waals surface area contributed by atoms with Crippen LogP contribution in [0.5, 0.6) is 0 Å². The average Bonchev–Trinajstić information content (AvgIpc) is 3.10. The molecule has 0 aliphatic heterocycles. The molecule has 1 amide bonds. The Balaban J connectivity index is 1.54. The quantitative estimate of drug-likeness (QED) is 0.592. The summed E-state index contributed by atoms with van der Waals surface area (Å²) in [5, 5.41) is 6.92. The molecule has 128 valence electrons. The van der Waals surface area contributed by atoms with Crippen molar-refractivity contribution in [3.63, 3.8) is 0 Å². The molecule has 0 unspecified atom stereocenters. The second kappa shape index (κ2) is 6.64. The molecule has 0 aliphatic rings. The average molecular weight is 345 g/mol. The standard InChI is InChI=1S/C19H15N5O2/c25-18-11-10-16(23-24(18)13-6-2-1-3-7-13)19(26)20-12-17-21-14-8-4-5-9-15(14)22-17/h1-11H,12H2,(H,20,26)(H,21,22). The molecule has 2 N–H and O–H groups in total. The van der Waals surface area contributed by atoms with E-state index in [9.17, 15) is 9.59 Å². The second-order valence-corrected chi connectivity index (χ2v) is 5.69. The number of H-pyrrole nitrogens is 1. The third-order valence-corrected chi connectivity index (χ3v) is 3.89. The van der Waals surface area contributed by atoms with Gasteiger partial charge in [0.05, 0.1) is 23.3 Å². The first-order valence-corrected chi connectivity index (χ1v) is 8.08. The van der Waals surface area contributed by atoms with Gasteiger partial charge in [-0.15, -0.1) is 0 Å². The lowest BCUT2D eigenvalue weighted by atomic mass is 10.3. The number of aromatic nitrogens is 4. The zero-order valence-electron chi connectivity index (χ0n) is 13.7. The molecule has 0 aliphatic carbocycles. The minimum Gasteiger partial charge on any atom is -0.343 e. The molecule has 2 aromatic heterocycles. The van der Waals surface area contributed by atoms with Crippen LogP contribution in [-0.2, 0) is 6.54 Å². The van der Waals surface area contributed by atoms with E-state index in [2.05, 4.69) is 20.4 Å². The van der Waals surface area contributed by atoms with Crippen molar-refractivity contribution in [2.45, 2.75) is 6.54 Å². The Morgan fingerprint density at radius 1 is 1.00 bits per heavy atom. The number of fused-ring (bicyclic) bond motifs is 1. The smallest absolute Gasteiger partial charge is 0.272 e. The first-order chi connectivity index (χ1) is 12.7. The van der Waals surface area contributed by atoms with E-state index in [1.54, 1.807) is 24.3 Å². The first-order valence-electron chi connectivity index (χ1n) is 8.08. The van der Waals surface area contributed by atoms with Crippen molar-refractivity contribution in [1.29, 1.82) is 0 Å². The van der Waals surface area contributed by atoms with E-state index in [0.717, 1.165) is 11.0 Å². The number of hydrogen-bond acceptors (Lipinski definition) is 4. The maximum Gasteiger partial charge on any atom is 0.272 e. The Morgan fingerprint density at radius 2 is 1.77 bits per heavy atom. The first kappa shape index (κ1) is 15.8. The lowest BCUT2D eigenvalue weighted by Gasteiger charge is -2.07. The summed E-state index contributed by atoms with van der Waals surface area (Å²) in [6, 6.07) is 19.3. The predicted molar refractivity (Wildman–Crippen MR) is 97.1 cm³/mol. The summed E-state index contributed by atoms with van der Waals surface area (Å²) in [7, 11) is 0. The van der Waals surface area contributed by atoms with Crippen LogP contribution in [0, 0.1) is 0 Å². The second-order valence-electron chi connectivity index (χ2n) is 5.69. The van der Waals surface area contributed by atoms with Crippen molar-refractivity contribution in [2.24, 2.45) is 0 Å². The molecule has 7 nitrogen and oxygen atoms in total. The van der Waals surface area contributed by atoms with Gasteiger partial charge in [-0.05, 0) is 30.3 Å². The molecule has 0 atom stereocenters. The largest absolute Gasteiger partial charge is 0.343 e. The molecule has 0 radical (unpaired) electrons. The highest BCUT2D eigenvalue weighted by molar-refractivity contribution is 5.92. The summed E-state index contributed by atoms with van der Waals surface area (Å²) in [6.45, 7) is 0.236. The number of hydrogen-bond donors (Lipinski definition) is 2. The number of benzene rings is 2. The maximum atomic E-state index is 12.4. The molecular formula is C19H15N5O2. The van der Waals surface area contributed by atoms with Crippen molar-refractivity contribution in [3.8, 4) is 5.69 Å². The van der Waals surface area contributed by atoms with Crippen LogP contribution in [0.15, 0.2) is 71.5 Å². The minimum atomic E-state index is -0.380. The zero-order chi connectivity index (χ0) is 17.9. The number of imidazole rings is 1. The fourth-order valence-corrected chi connectivity index (χ4v) is 2.63. The lowest BCUT2D eigenvalue weighted by Crippen LogP contribution is -2.28. The number of rotatable bonds is 4. The van der Waals surface area contributed by atoms with E-state index in [0.29, 0.717) is 11.5 Å². The SMILES string of the molecule is O=C(NCc1nc2ccccc2[nH]1)c1ccc(=O)n(-c2ccccc2)n1. The number of nitrogens with one attached hydrogen (secondary N) is 2. The molecule has 4 rings (SSSR count). The Kier molecular flexibility index (Phi) is 4.03. The summed E-state index contributed by atoms with van der Waals surface area (Å²) >= 11 is 0. The highest BCUT2D eigenvalue weighted by atomic mass is 16.2. The van der Waals surface area contributed by atoms with E-state index < -0.39 is 0 Å². The highest BCUT2D eigenvalue weighted by Crippen LogP contribution is 2.10. The highest BCUT2D eigenvalue weighted by Gasteiger charge is 2.11. The molecule has 0 fully saturated rings. The third-order valence-electron chi connectivity index (χ3n) is 3.89. The van der Waals surface area contributed by atoms with E-state index in [1.165, 1.54) is 16.8 Å². The van der Waals surface area contributed by atoms with Crippen molar-refractivity contribution in [2.75, 3.05) is 0 Å². The molecule has 0 saturated heterocycles. The fraction of sp³-hybridized carbons (Fsp3) is 0.0526. The van der Waals surface area contributed by atoms with Gasteiger partial charge >= 0.3 is 0 Å². The summed E-state index contributed by atoms with van der Waals surface area (Å²) in [4.78, 5) is 32.0. The monoisotopic (exact) mass is 345 g/mol. The number of nitrogens with zero attached hydrogens (tertiary/aromatic N) is 3. The van der Waals surface area contributed by atoms with Gasteiger partial charge in [-0.1, -0.05) is 30.3 Å². The van der Waals surface area contributed by atoms with Crippen molar-refractivity contribution >= 4 is 16.9 Å². The van der Waals surface area contributed by atoms with Gasteiger partial charge in [0.25, 0.3) is 11.5 Å². The Morgan fingerprint density at radius 3 is 2.58 bits per heavy atom. The van der Waals surface area contributed by atoms with E-state index in [1.807, 2.05) is 30.3 Å². The summed E-state index contributed by atoms with van der Waals surface area (Å²) in [5.74, 6) is 0.270. The summed E-state index contributed by atoms with van der Waals surface area (Å²) in [6.07, 6.45) is 0. The number of carbonyl (C=O) groups excluding carboxylic acids is 1. The molecule has 0 spiro atoms. The van der Waals surface area contributed by atoms with Crippen LogP contribution < -0.4 is 10.9 Å². The van der Waals surface area contributed by atoms with E-state index >= 15 is 0 Å². The Labute approximate surface area is 148 Å². The van der Waals surface area contributed by atoms with Gasteiger partial charge < -0.3 is 10.3 Å². The molecule has 4 aromatic rings. The van der Waals surface area contributed by atoms with Crippen LogP contribution >= 0.6 is 0 Å². The Hall–Kier alpha value is -3.74.